The van der Waals surface area contributed by atoms with Gasteiger partial charge in [-0.05, 0) is 50.1 Å². The van der Waals surface area contributed by atoms with Crippen molar-refractivity contribution in [3.8, 4) is 5.75 Å². The Morgan fingerprint density at radius 2 is 1.60 bits per heavy atom. The van der Waals surface area contributed by atoms with Gasteiger partial charge in [-0.25, -0.2) is 21.6 Å². The molecule has 0 amide bonds. The molecule has 218 valence electrons. The summed E-state index contributed by atoms with van der Waals surface area (Å²) in [5.41, 5.74) is -3.10. The summed E-state index contributed by atoms with van der Waals surface area (Å²) in [7, 11) is -3.93. The Bertz CT molecular complexity index is 1430. The fourth-order valence-electron chi connectivity index (χ4n) is 4.23. The lowest BCUT2D eigenvalue weighted by Crippen LogP contribution is -2.26. The third kappa shape index (κ3) is 8.21. The van der Waals surface area contributed by atoms with Crippen molar-refractivity contribution >= 4 is 9.84 Å². The molecule has 3 rings (SSSR count). The zero-order valence-electron chi connectivity index (χ0n) is 22.0. The second-order valence-electron chi connectivity index (χ2n) is 9.92. The quantitative estimate of drug-likeness (QED) is 0.212. The fraction of sp³-hybridized carbons (Fsp3) is 0.357. The molecule has 3 aromatic carbocycles. The molecule has 0 spiro atoms. The average molecular weight is 590 g/mol. The molecule has 0 aromatic heterocycles. The van der Waals surface area contributed by atoms with Crippen LogP contribution < -0.4 is 4.74 Å². The van der Waals surface area contributed by atoms with Crippen LogP contribution in [0.4, 0.5) is 26.3 Å². The van der Waals surface area contributed by atoms with Crippen molar-refractivity contribution in [3.05, 3.63) is 94.3 Å². The van der Waals surface area contributed by atoms with Crippen LogP contribution in [-0.4, -0.2) is 37.8 Å². The number of sulfone groups is 1. The molecule has 1 N–H and O–H groups in total. The zero-order chi connectivity index (χ0) is 29.9. The van der Waals surface area contributed by atoms with Crippen molar-refractivity contribution in [2.45, 2.75) is 50.0 Å². The van der Waals surface area contributed by atoms with Crippen LogP contribution in [0, 0.1) is 17.5 Å². The minimum Gasteiger partial charge on any atom is -0.493 e. The zero-order valence-corrected chi connectivity index (χ0v) is 22.8. The molecule has 0 unspecified atom stereocenters. The van der Waals surface area contributed by atoms with Crippen molar-refractivity contribution in [1.82, 2.24) is 4.90 Å². The van der Waals surface area contributed by atoms with Crippen molar-refractivity contribution in [1.29, 1.82) is 0 Å². The van der Waals surface area contributed by atoms with E-state index in [9.17, 15) is 39.9 Å². The molecule has 3 aromatic rings. The highest BCUT2D eigenvalue weighted by atomic mass is 32.2. The van der Waals surface area contributed by atoms with Crippen molar-refractivity contribution in [2.75, 3.05) is 19.4 Å². The second-order valence-corrected chi connectivity index (χ2v) is 11.9. The SMILES string of the molecule is CC(C)(O)c1c(F)cc(OCCCN(Cc2ccc(F)cc2)Cc2cccc(C(F)(F)F)c2F)cc1S(C)(=O)=O. The van der Waals surface area contributed by atoms with Crippen LogP contribution in [0.3, 0.4) is 0 Å². The number of benzene rings is 3. The Morgan fingerprint density at radius 3 is 2.17 bits per heavy atom. The van der Waals surface area contributed by atoms with Gasteiger partial charge in [-0.15, -0.1) is 0 Å². The summed E-state index contributed by atoms with van der Waals surface area (Å²) in [6, 6.07) is 10.5. The van der Waals surface area contributed by atoms with E-state index in [1.807, 2.05) is 0 Å². The van der Waals surface area contributed by atoms with Crippen molar-refractivity contribution in [3.63, 3.8) is 0 Å². The van der Waals surface area contributed by atoms with Crippen LogP contribution in [0.15, 0.2) is 59.5 Å². The highest BCUT2D eigenvalue weighted by Gasteiger charge is 2.35. The third-order valence-electron chi connectivity index (χ3n) is 6.02. The summed E-state index contributed by atoms with van der Waals surface area (Å²) in [6.07, 6.45) is -3.75. The van der Waals surface area contributed by atoms with E-state index in [-0.39, 0.29) is 44.0 Å². The molecule has 0 bridgehead atoms. The number of halogens is 6. The van der Waals surface area contributed by atoms with Crippen molar-refractivity contribution < 1.29 is 44.6 Å². The molecule has 0 atom stereocenters. The van der Waals surface area contributed by atoms with Gasteiger partial charge in [0.05, 0.1) is 22.7 Å². The number of rotatable bonds is 11. The molecule has 0 radical (unpaired) electrons. The Labute approximate surface area is 228 Å². The first-order valence-electron chi connectivity index (χ1n) is 12.2. The maximum atomic E-state index is 14.8. The largest absolute Gasteiger partial charge is 0.493 e. The summed E-state index contributed by atoms with van der Waals surface area (Å²) >= 11 is 0. The summed E-state index contributed by atoms with van der Waals surface area (Å²) in [5, 5.41) is 10.3. The van der Waals surface area contributed by atoms with Gasteiger partial charge in [-0.1, -0.05) is 24.3 Å². The Balaban J connectivity index is 1.78. The van der Waals surface area contributed by atoms with E-state index < -0.39 is 55.1 Å². The monoisotopic (exact) mass is 589 g/mol. The lowest BCUT2D eigenvalue weighted by atomic mass is 9.97. The smallest absolute Gasteiger partial charge is 0.419 e. The maximum absolute atomic E-state index is 14.8. The summed E-state index contributed by atoms with van der Waals surface area (Å²) in [4.78, 5) is 1.22. The Morgan fingerprint density at radius 1 is 0.950 bits per heavy atom. The molecule has 12 heteroatoms. The van der Waals surface area contributed by atoms with E-state index in [1.165, 1.54) is 44.2 Å². The van der Waals surface area contributed by atoms with E-state index in [1.54, 1.807) is 4.90 Å². The van der Waals surface area contributed by atoms with E-state index >= 15 is 0 Å². The molecule has 0 heterocycles. The van der Waals surface area contributed by atoms with Crippen molar-refractivity contribution in [2.24, 2.45) is 0 Å². The molecular formula is C28H29F6NO4S. The van der Waals surface area contributed by atoms with E-state index in [2.05, 4.69) is 0 Å². The molecule has 0 saturated heterocycles. The first-order valence-corrected chi connectivity index (χ1v) is 14.1. The minimum absolute atomic E-state index is 0.0461. The maximum Gasteiger partial charge on any atom is 0.419 e. The fourth-order valence-corrected chi connectivity index (χ4v) is 5.28. The summed E-state index contributed by atoms with van der Waals surface area (Å²) < 4.78 is 112. The lowest BCUT2D eigenvalue weighted by molar-refractivity contribution is -0.140. The van der Waals surface area contributed by atoms with Gasteiger partial charge in [0.15, 0.2) is 9.84 Å². The summed E-state index contributed by atoms with van der Waals surface area (Å²) in [6.45, 7) is 2.61. The number of hydrogen-bond acceptors (Lipinski definition) is 5. The number of hydrogen-bond donors (Lipinski definition) is 1. The molecule has 0 saturated carbocycles. The second kappa shape index (κ2) is 12.2. The van der Waals surface area contributed by atoms with Gasteiger partial charge >= 0.3 is 6.18 Å². The van der Waals surface area contributed by atoms with Crippen LogP contribution in [-0.2, 0) is 34.7 Å². The molecule has 0 aliphatic carbocycles. The molecule has 0 aliphatic heterocycles. The number of alkyl halides is 3. The van der Waals surface area contributed by atoms with Crippen LogP contribution in [0.2, 0.25) is 0 Å². The standard InChI is InChI=1S/C28H29F6NO4S/c1-27(2,36)25-23(30)14-21(15-24(25)40(3,37)38)39-13-5-12-35(16-18-8-10-20(29)11-9-18)17-19-6-4-7-22(26(19)31)28(32,33)34/h4,6-11,14-15,36H,5,12-13,16-17H2,1-3H3. The van der Waals surface area contributed by atoms with Gasteiger partial charge in [-0.2, -0.15) is 13.2 Å². The summed E-state index contributed by atoms with van der Waals surface area (Å²) in [5.74, 6) is -2.92. The predicted molar refractivity (Wildman–Crippen MR) is 137 cm³/mol. The van der Waals surface area contributed by atoms with E-state index in [4.69, 9.17) is 4.74 Å². The average Bonchev–Trinajstić information content (AvgIpc) is 2.82. The Kier molecular flexibility index (Phi) is 9.58. The van der Waals surface area contributed by atoms with Gasteiger partial charge in [0.25, 0.3) is 0 Å². The number of aliphatic hydroxyl groups is 1. The van der Waals surface area contributed by atoms with Gasteiger partial charge < -0.3 is 9.84 Å². The molecule has 0 aliphatic rings. The highest BCUT2D eigenvalue weighted by molar-refractivity contribution is 7.90. The van der Waals surface area contributed by atoms with Crippen LogP contribution in [0.1, 0.15) is 42.5 Å². The van der Waals surface area contributed by atoms with E-state index in [0.29, 0.717) is 11.6 Å². The van der Waals surface area contributed by atoms with E-state index in [0.717, 1.165) is 24.5 Å². The normalized spacial score (nSPS) is 12.7. The first kappa shape index (κ1) is 31.4. The van der Waals surface area contributed by atoms with Gasteiger partial charge in [0, 0.05) is 43.1 Å². The predicted octanol–water partition coefficient (Wildman–Crippen LogP) is 6.22. The van der Waals surface area contributed by atoms with Gasteiger partial charge in [0.2, 0.25) is 0 Å². The third-order valence-corrected chi connectivity index (χ3v) is 7.14. The van der Waals surface area contributed by atoms with Gasteiger partial charge in [-0.3, -0.25) is 4.90 Å². The van der Waals surface area contributed by atoms with Crippen LogP contribution in [0.5, 0.6) is 5.75 Å². The first-order chi connectivity index (χ1) is 18.5. The molecule has 0 fully saturated rings. The topological polar surface area (TPSA) is 66.8 Å². The minimum atomic E-state index is -4.86. The number of nitrogens with zero attached hydrogens (tertiary/aromatic N) is 1. The molecular weight excluding hydrogens is 560 g/mol. The lowest BCUT2D eigenvalue weighted by Gasteiger charge is -2.24. The van der Waals surface area contributed by atoms with Gasteiger partial charge in [0.1, 0.15) is 23.2 Å². The van der Waals surface area contributed by atoms with Crippen LogP contribution >= 0.6 is 0 Å². The molecule has 5 nitrogen and oxygen atoms in total. The molecule has 40 heavy (non-hydrogen) atoms. The Hall–Kier alpha value is -3.09. The highest BCUT2D eigenvalue weighted by Crippen LogP contribution is 2.34. The van der Waals surface area contributed by atoms with Crippen LogP contribution in [0.25, 0.3) is 0 Å². The number of ether oxygens (including phenoxy) is 1.